The van der Waals surface area contributed by atoms with Crippen LogP contribution in [-0.4, -0.2) is 5.71 Å². The molecule has 0 bridgehead atoms. The molecule has 0 saturated heterocycles. The average molecular weight is 229 g/mol. The van der Waals surface area contributed by atoms with Crippen molar-refractivity contribution in [3.63, 3.8) is 0 Å². The molecule has 0 atom stereocenters. The van der Waals surface area contributed by atoms with E-state index in [1.54, 1.807) is 0 Å². The molecule has 0 spiro atoms. The molecule has 1 fully saturated rings. The molecule has 1 N–H and O–H groups in total. The van der Waals surface area contributed by atoms with E-state index in [9.17, 15) is 0 Å². The van der Waals surface area contributed by atoms with Crippen LogP contribution in [0.3, 0.4) is 0 Å². The van der Waals surface area contributed by atoms with Crippen LogP contribution < -0.4 is 0 Å². The Labute approximate surface area is 105 Å². The molecule has 1 aliphatic carbocycles. The van der Waals surface area contributed by atoms with Crippen molar-refractivity contribution in [1.29, 1.82) is 5.41 Å². The molecule has 0 unspecified atom stereocenters. The standard InChI is InChI=1S/C16H23N/c1-10-12(3)16(7,8)13(9-15(4,5)6)11(2)14(10)17/h9,17H,1-3H2,4-8H3/b13-9+,17-14?. The third kappa shape index (κ3) is 2.33. The molecular weight excluding hydrogens is 206 g/mol. The maximum absolute atomic E-state index is 8.05. The van der Waals surface area contributed by atoms with Crippen LogP contribution in [0, 0.1) is 16.2 Å². The summed E-state index contributed by atoms with van der Waals surface area (Å²) in [4.78, 5) is 0. The van der Waals surface area contributed by atoms with Crippen LogP contribution in [0.25, 0.3) is 0 Å². The van der Waals surface area contributed by atoms with E-state index >= 15 is 0 Å². The Morgan fingerprint density at radius 3 is 1.94 bits per heavy atom. The second kappa shape index (κ2) is 3.83. The Hall–Kier alpha value is -1.37. The number of hydrogen-bond donors (Lipinski definition) is 1. The lowest BCUT2D eigenvalue weighted by atomic mass is 9.64. The van der Waals surface area contributed by atoms with Crippen molar-refractivity contribution >= 4 is 5.71 Å². The second-order valence-corrected chi connectivity index (χ2v) is 6.36. The first-order valence-electron chi connectivity index (χ1n) is 5.89. The van der Waals surface area contributed by atoms with Crippen molar-refractivity contribution in [1.82, 2.24) is 0 Å². The van der Waals surface area contributed by atoms with Gasteiger partial charge in [-0.1, -0.05) is 60.4 Å². The minimum atomic E-state index is -0.188. The third-order valence-electron chi connectivity index (χ3n) is 3.30. The molecule has 0 aromatic carbocycles. The van der Waals surface area contributed by atoms with Crippen LogP contribution in [0.15, 0.2) is 48.1 Å². The molecule has 1 aliphatic rings. The van der Waals surface area contributed by atoms with Crippen molar-refractivity contribution < 1.29 is 0 Å². The van der Waals surface area contributed by atoms with Gasteiger partial charge in [-0.25, -0.2) is 0 Å². The van der Waals surface area contributed by atoms with Gasteiger partial charge in [0.2, 0.25) is 0 Å². The molecule has 1 rings (SSSR count). The van der Waals surface area contributed by atoms with Gasteiger partial charge in [0.25, 0.3) is 0 Å². The van der Waals surface area contributed by atoms with Crippen molar-refractivity contribution in [3.05, 3.63) is 48.1 Å². The quantitative estimate of drug-likeness (QED) is 0.623. The molecule has 92 valence electrons. The summed E-state index contributed by atoms with van der Waals surface area (Å²) in [6.45, 7) is 22.8. The third-order valence-corrected chi connectivity index (χ3v) is 3.30. The molecule has 0 aromatic rings. The zero-order valence-corrected chi connectivity index (χ0v) is 11.7. The first-order valence-corrected chi connectivity index (χ1v) is 5.89. The summed E-state index contributed by atoms with van der Waals surface area (Å²) < 4.78 is 0. The van der Waals surface area contributed by atoms with E-state index in [1.165, 1.54) is 0 Å². The van der Waals surface area contributed by atoms with E-state index in [0.29, 0.717) is 11.3 Å². The molecule has 0 heterocycles. The van der Waals surface area contributed by atoms with Gasteiger partial charge in [0, 0.05) is 5.41 Å². The van der Waals surface area contributed by atoms with E-state index < -0.39 is 0 Å². The van der Waals surface area contributed by atoms with E-state index in [0.717, 1.165) is 16.7 Å². The monoisotopic (exact) mass is 229 g/mol. The summed E-state index contributed by atoms with van der Waals surface area (Å²) in [5, 5.41) is 8.05. The molecular formula is C16H23N. The van der Waals surface area contributed by atoms with Crippen LogP contribution >= 0.6 is 0 Å². The summed E-state index contributed by atoms with van der Waals surface area (Å²) in [7, 11) is 0. The maximum Gasteiger partial charge on any atom is 0.0678 e. The Morgan fingerprint density at radius 1 is 1.06 bits per heavy atom. The van der Waals surface area contributed by atoms with Crippen LogP contribution in [0.4, 0.5) is 0 Å². The summed E-state index contributed by atoms with van der Waals surface area (Å²) in [6, 6.07) is 0. The van der Waals surface area contributed by atoms with Gasteiger partial charge in [0.1, 0.15) is 0 Å². The van der Waals surface area contributed by atoms with Crippen LogP contribution in [-0.2, 0) is 0 Å². The fraction of sp³-hybridized carbons (Fsp3) is 0.438. The molecule has 1 heteroatoms. The van der Waals surface area contributed by atoms with Crippen molar-refractivity contribution in [2.24, 2.45) is 10.8 Å². The minimum absolute atomic E-state index is 0.0643. The molecule has 1 nitrogen and oxygen atoms in total. The van der Waals surface area contributed by atoms with Crippen LogP contribution in [0.5, 0.6) is 0 Å². The first-order chi connectivity index (χ1) is 7.48. The summed E-state index contributed by atoms with van der Waals surface area (Å²) in [6.07, 6.45) is 2.20. The smallest absolute Gasteiger partial charge is 0.0678 e. The summed E-state index contributed by atoms with van der Waals surface area (Å²) in [5.41, 5.74) is 3.82. The van der Waals surface area contributed by atoms with Crippen molar-refractivity contribution in [2.45, 2.75) is 34.6 Å². The molecule has 0 radical (unpaired) electrons. The second-order valence-electron chi connectivity index (χ2n) is 6.36. The van der Waals surface area contributed by atoms with E-state index in [1.807, 2.05) is 0 Å². The zero-order valence-electron chi connectivity index (χ0n) is 11.7. The number of hydrogen-bond acceptors (Lipinski definition) is 1. The predicted octanol–water partition coefficient (Wildman–Crippen LogP) is 4.69. The van der Waals surface area contributed by atoms with Gasteiger partial charge in [-0.05, 0) is 27.7 Å². The van der Waals surface area contributed by atoms with E-state index in [-0.39, 0.29) is 10.8 Å². The highest BCUT2D eigenvalue weighted by atomic mass is 14.5. The van der Waals surface area contributed by atoms with Crippen molar-refractivity contribution in [2.75, 3.05) is 0 Å². The van der Waals surface area contributed by atoms with Gasteiger partial charge in [-0.2, -0.15) is 0 Å². The predicted molar refractivity (Wildman–Crippen MR) is 76.5 cm³/mol. The van der Waals surface area contributed by atoms with Crippen molar-refractivity contribution in [3.8, 4) is 0 Å². The number of rotatable bonds is 0. The Balaban J connectivity index is 3.43. The lowest BCUT2D eigenvalue weighted by Crippen LogP contribution is -2.31. The molecule has 0 aliphatic heterocycles. The highest BCUT2D eigenvalue weighted by Crippen LogP contribution is 2.47. The van der Waals surface area contributed by atoms with Gasteiger partial charge in [0.15, 0.2) is 0 Å². The highest BCUT2D eigenvalue weighted by Gasteiger charge is 2.37. The molecule has 17 heavy (non-hydrogen) atoms. The van der Waals surface area contributed by atoms with Gasteiger partial charge in [0.05, 0.1) is 5.71 Å². The van der Waals surface area contributed by atoms with Gasteiger partial charge >= 0.3 is 0 Å². The van der Waals surface area contributed by atoms with Gasteiger partial charge in [-0.3, -0.25) is 5.41 Å². The van der Waals surface area contributed by atoms with Crippen LogP contribution in [0.2, 0.25) is 0 Å². The number of nitrogens with one attached hydrogen (secondary N) is 1. The molecule has 1 saturated carbocycles. The fourth-order valence-electron chi connectivity index (χ4n) is 2.09. The molecule has 0 aromatic heterocycles. The lowest BCUT2D eigenvalue weighted by molar-refractivity contribution is 0.500. The Morgan fingerprint density at radius 2 is 1.53 bits per heavy atom. The maximum atomic E-state index is 8.05. The fourth-order valence-corrected chi connectivity index (χ4v) is 2.09. The summed E-state index contributed by atoms with van der Waals surface area (Å²) in [5.74, 6) is 0. The topological polar surface area (TPSA) is 23.9 Å². The van der Waals surface area contributed by atoms with E-state index in [4.69, 9.17) is 5.41 Å². The Bertz CT molecular complexity index is 450. The summed E-state index contributed by atoms with van der Waals surface area (Å²) >= 11 is 0. The zero-order chi connectivity index (χ0) is 13.6. The van der Waals surface area contributed by atoms with Gasteiger partial charge < -0.3 is 0 Å². The SMILES string of the molecule is C=C1C(=C)C(C)(C)/C(=C/C(C)(C)C)C(=C)C1=N. The average Bonchev–Trinajstić information content (AvgIpc) is 2.18. The highest BCUT2D eigenvalue weighted by molar-refractivity contribution is 6.17. The largest absolute Gasteiger partial charge is 0.300 e. The minimum Gasteiger partial charge on any atom is -0.300 e. The van der Waals surface area contributed by atoms with Gasteiger partial charge in [-0.15, -0.1) is 0 Å². The number of allylic oxidation sites excluding steroid dienone is 5. The Kier molecular flexibility index (Phi) is 3.09. The first kappa shape index (κ1) is 13.7. The molecule has 0 amide bonds. The lowest BCUT2D eigenvalue weighted by Gasteiger charge is -2.39. The normalized spacial score (nSPS) is 23.5. The van der Waals surface area contributed by atoms with E-state index in [2.05, 4.69) is 60.4 Å². The van der Waals surface area contributed by atoms with Crippen LogP contribution in [0.1, 0.15) is 34.6 Å².